The lowest BCUT2D eigenvalue weighted by molar-refractivity contribution is -0.120. The highest BCUT2D eigenvalue weighted by Gasteiger charge is 2.42. The number of carbonyl (C=O) groups excluding carboxylic acids is 1. The Bertz CT molecular complexity index is 522. The van der Waals surface area contributed by atoms with Crippen LogP contribution in [0.25, 0.3) is 0 Å². The second kappa shape index (κ2) is 5.27. The van der Waals surface area contributed by atoms with Gasteiger partial charge in [-0.2, -0.15) is 5.26 Å². The summed E-state index contributed by atoms with van der Waals surface area (Å²) >= 11 is 0. The lowest BCUT2D eigenvalue weighted by atomic mass is 9.98. The van der Waals surface area contributed by atoms with Gasteiger partial charge in [-0.25, -0.2) is 4.39 Å². The van der Waals surface area contributed by atoms with Gasteiger partial charge in [-0.15, -0.1) is 0 Å². The Balaban J connectivity index is 1.88. The summed E-state index contributed by atoms with van der Waals surface area (Å²) in [4.78, 5) is 11.8. The van der Waals surface area contributed by atoms with Gasteiger partial charge in [-0.3, -0.25) is 4.79 Å². The number of halogens is 1. The normalized spacial score (nSPS) is 17.1. The number of anilines is 1. The van der Waals surface area contributed by atoms with Gasteiger partial charge >= 0.3 is 0 Å². The molecule has 4 nitrogen and oxygen atoms in total. The molecule has 0 aromatic heterocycles. The summed E-state index contributed by atoms with van der Waals surface area (Å²) in [5.41, 5.74) is -0.531. The minimum absolute atomic E-state index is 0.0507. The third-order valence-corrected chi connectivity index (χ3v) is 3.34. The molecule has 5 heteroatoms. The second-order valence-corrected chi connectivity index (χ2v) is 4.97. The second-order valence-electron chi connectivity index (χ2n) is 4.97. The van der Waals surface area contributed by atoms with Gasteiger partial charge in [-0.05, 0) is 37.8 Å². The average Bonchev–Trinajstić information content (AvgIpc) is 3.22. The molecule has 0 aliphatic heterocycles. The van der Waals surface area contributed by atoms with Crippen molar-refractivity contribution in [2.75, 3.05) is 11.9 Å². The molecular formula is C14H16FN3O. The van der Waals surface area contributed by atoms with Crippen LogP contribution in [0.4, 0.5) is 10.1 Å². The van der Waals surface area contributed by atoms with E-state index < -0.39 is 11.4 Å². The Morgan fingerprint density at radius 3 is 2.79 bits per heavy atom. The SMILES string of the molecule is CC(C#N)(NC(=O)CNc1ccccc1F)C1CC1. The molecule has 0 saturated heterocycles. The van der Waals surface area contributed by atoms with Crippen LogP contribution in [0, 0.1) is 23.1 Å². The molecule has 1 unspecified atom stereocenters. The number of rotatable bonds is 5. The summed E-state index contributed by atoms with van der Waals surface area (Å²) in [6, 6.07) is 8.30. The van der Waals surface area contributed by atoms with Crippen LogP contribution in [0.2, 0.25) is 0 Å². The summed E-state index contributed by atoms with van der Waals surface area (Å²) in [6.45, 7) is 1.68. The number of para-hydroxylation sites is 1. The Morgan fingerprint density at radius 2 is 2.21 bits per heavy atom. The molecule has 1 fully saturated rings. The zero-order valence-corrected chi connectivity index (χ0v) is 10.7. The van der Waals surface area contributed by atoms with Crippen LogP contribution in [0.3, 0.4) is 0 Å². The molecular weight excluding hydrogens is 245 g/mol. The first-order valence-corrected chi connectivity index (χ1v) is 6.26. The molecule has 19 heavy (non-hydrogen) atoms. The van der Waals surface area contributed by atoms with Crippen LogP contribution < -0.4 is 10.6 Å². The predicted molar refractivity (Wildman–Crippen MR) is 69.8 cm³/mol. The Morgan fingerprint density at radius 1 is 1.53 bits per heavy atom. The van der Waals surface area contributed by atoms with E-state index in [9.17, 15) is 9.18 Å². The predicted octanol–water partition coefficient (Wildman–Crippen LogP) is 2.05. The Kier molecular flexibility index (Phi) is 3.70. The Labute approximate surface area is 111 Å². The van der Waals surface area contributed by atoms with E-state index in [-0.39, 0.29) is 24.1 Å². The van der Waals surface area contributed by atoms with Crippen LogP contribution in [-0.2, 0) is 4.79 Å². The molecule has 1 aromatic carbocycles. The fourth-order valence-corrected chi connectivity index (χ4v) is 2.00. The molecule has 0 spiro atoms. The van der Waals surface area contributed by atoms with Crippen LogP contribution in [0.1, 0.15) is 19.8 Å². The summed E-state index contributed by atoms with van der Waals surface area (Å²) in [5, 5.41) is 14.6. The molecule has 0 radical (unpaired) electrons. The van der Waals surface area contributed by atoms with Crippen molar-refractivity contribution >= 4 is 11.6 Å². The molecule has 2 rings (SSSR count). The number of nitrogens with zero attached hydrogens (tertiary/aromatic N) is 1. The lowest BCUT2D eigenvalue weighted by Gasteiger charge is -2.23. The molecule has 1 amide bonds. The highest BCUT2D eigenvalue weighted by molar-refractivity contribution is 5.82. The zero-order valence-electron chi connectivity index (χ0n) is 10.7. The quantitative estimate of drug-likeness (QED) is 0.852. The molecule has 1 aliphatic rings. The number of nitriles is 1. The minimum atomic E-state index is -0.812. The van der Waals surface area contributed by atoms with Crippen molar-refractivity contribution in [3.8, 4) is 6.07 Å². The van der Waals surface area contributed by atoms with Gasteiger partial charge in [0, 0.05) is 0 Å². The summed E-state index contributed by atoms with van der Waals surface area (Å²) < 4.78 is 13.3. The maximum Gasteiger partial charge on any atom is 0.240 e. The number of hydrogen-bond donors (Lipinski definition) is 2. The largest absolute Gasteiger partial charge is 0.374 e. The van der Waals surface area contributed by atoms with Crippen LogP contribution in [0.5, 0.6) is 0 Å². The number of nitrogens with one attached hydrogen (secondary N) is 2. The minimum Gasteiger partial charge on any atom is -0.374 e. The van der Waals surface area contributed by atoms with E-state index >= 15 is 0 Å². The standard InChI is InChI=1S/C14H16FN3O/c1-14(9-16,10-6-7-10)18-13(19)8-17-12-5-3-2-4-11(12)15/h2-5,10,17H,6-8H2,1H3,(H,18,19). The number of carbonyl (C=O) groups is 1. The van der Waals surface area contributed by atoms with Gasteiger partial charge in [0.2, 0.25) is 5.91 Å². The van der Waals surface area contributed by atoms with E-state index in [2.05, 4.69) is 16.7 Å². The number of hydrogen-bond acceptors (Lipinski definition) is 3. The van der Waals surface area contributed by atoms with Crippen molar-refractivity contribution in [3.05, 3.63) is 30.1 Å². The number of amides is 1. The zero-order chi connectivity index (χ0) is 13.9. The number of benzene rings is 1. The van der Waals surface area contributed by atoms with E-state index in [4.69, 9.17) is 5.26 Å². The maximum atomic E-state index is 13.3. The Hall–Kier alpha value is -2.09. The molecule has 1 aliphatic carbocycles. The summed E-state index contributed by atoms with van der Waals surface area (Å²) in [6.07, 6.45) is 1.93. The fraction of sp³-hybridized carbons (Fsp3) is 0.429. The molecule has 1 saturated carbocycles. The third kappa shape index (κ3) is 3.22. The molecule has 100 valence electrons. The summed E-state index contributed by atoms with van der Waals surface area (Å²) in [5.74, 6) is -0.477. The summed E-state index contributed by atoms with van der Waals surface area (Å²) in [7, 11) is 0. The van der Waals surface area contributed by atoms with Gasteiger partial charge in [0.15, 0.2) is 0 Å². The van der Waals surface area contributed by atoms with E-state index in [1.165, 1.54) is 6.07 Å². The van der Waals surface area contributed by atoms with Gasteiger partial charge in [-0.1, -0.05) is 12.1 Å². The third-order valence-electron chi connectivity index (χ3n) is 3.34. The van der Waals surface area contributed by atoms with Crippen LogP contribution in [-0.4, -0.2) is 18.0 Å². The van der Waals surface area contributed by atoms with Crippen molar-refractivity contribution in [1.29, 1.82) is 5.26 Å². The van der Waals surface area contributed by atoms with Crippen LogP contribution in [0.15, 0.2) is 24.3 Å². The van der Waals surface area contributed by atoms with Gasteiger partial charge in [0.05, 0.1) is 18.3 Å². The molecule has 2 N–H and O–H groups in total. The molecule has 1 atom stereocenters. The van der Waals surface area contributed by atoms with Gasteiger partial charge < -0.3 is 10.6 Å². The van der Waals surface area contributed by atoms with Gasteiger partial charge in [0.25, 0.3) is 0 Å². The smallest absolute Gasteiger partial charge is 0.240 e. The van der Waals surface area contributed by atoms with Crippen LogP contribution >= 0.6 is 0 Å². The van der Waals surface area contributed by atoms with Crippen molar-refractivity contribution in [1.82, 2.24) is 5.32 Å². The highest BCUT2D eigenvalue weighted by atomic mass is 19.1. The van der Waals surface area contributed by atoms with E-state index in [0.717, 1.165) is 12.8 Å². The molecule has 0 heterocycles. The maximum absolute atomic E-state index is 13.3. The molecule has 0 bridgehead atoms. The van der Waals surface area contributed by atoms with E-state index in [1.54, 1.807) is 25.1 Å². The first kappa shape index (κ1) is 13.3. The topological polar surface area (TPSA) is 64.9 Å². The first-order valence-electron chi connectivity index (χ1n) is 6.26. The van der Waals surface area contributed by atoms with Crippen molar-refractivity contribution in [3.63, 3.8) is 0 Å². The fourth-order valence-electron chi connectivity index (χ4n) is 2.00. The van der Waals surface area contributed by atoms with Gasteiger partial charge in [0.1, 0.15) is 11.4 Å². The lowest BCUT2D eigenvalue weighted by Crippen LogP contribution is -2.48. The highest BCUT2D eigenvalue weighted by Crippen LogP contribution is 2.39. The van der Waals surface area contributed by atoms with Crippen molar-refractivity contribution < 1.29 is 9.18 Å². The van der Waals surface area contributed by atoms with Crippen molar-refractivity contribution in [2.24, 2.45) is 5.92 Å². The molecule has 1 aromatic rings. The first-order chi connectivity index (χ1) is 9.05. The van der Waals surface area contributed by atoms with E-state index in [1.807, 2.05) is 0 Å². The monoisotopic (exact) mass is 261 g/mol. The van der Waals surface area contributed by atoms with E-state index in [0.29, 0.717) is 0 Å². The van der Waals surface area contributed by atoms with Crippen molar-refractivity contribution in [2.45, 2.75) is 25.3 Å². The average molecular weight is 261 g/mol.